The zero-order valence-corrected chi connectivity index (χ0v) is 10.4. The predicted molar refractivity (Wildman–Crippen MR) is 65.5 cm³/mol. The molecule has 0 saturated heterocycles. The first kappa shape index (κ1) is 15.2. The van der Waals surface area contributed by atoms with E-state index in [4.69, 9.17) is 5.73 Å². The van der Waals surface area contributed by atoms with Gasteiger partial charge in [-0.15, -0.1) is 0 Å². The van der Waals surface area contributed by atoms with Gasteiger partial charge >= 0.3 is 6.18 Å². The Bertz CT molecular complexity index is 516. The SMILES string of the molecule is COc1c(C(F)(F)F)ccc(F)c1C=NNC(N)=S. The lowest BCUT2D eigenvalue weighted by Gasteiger charge is -2.14. The van der Waals surface area contributed by atoms with E-state index < -0.39 is 28.9 Å². The summed E-state index contributed by atoms with van der Waals surface area (Å²) in [7, 11) is 1.00. The molecule has 9 heteroatoms. The number of nitrogens with zero attached hydrogens (tertiary/aromatic N) is 1. The maximum absolute atomic E-state index is 13.5. The van der Waals surface area contributed by atoms with Crippen LogP contribution in [0.4, 0.5) is 17.6 Å². The van der Waals surface area contributed by atoms with Crippen LogP contribution < -0.4 is 15.9 Å². The smallest absolute Gasteiger partial charge is 0.419 e. The Hall–Kier alpha value is -1.90. The van der Waals surface area contributed by atoms with E-state index in [0.717, 1.165) is 13.3 Å². The number of methoxy groups -OCH3 is 1. The molecule has 0 unspecified atom stereocenters. The number of ether oxygens (including phenoxy) is 1. The van der Waals surface area contributed by atoms with Crippen molar-refractivity contribution in [1.29, 1.82) is 0 Å². The molecule has 19 heavy (non-hydrogen) atoms. The van der Waals surface area contributed by atoms with Crippen molar-refractivity contribution in [3.8, 4) is 5.75 Å². The highest BCUT2D eigenvalue weighted by atomic mass is 32.1. The van der Waals surface area contributed by atoms with Crippen LogP contribution in [0.2, 0.25) is 0 Å². The number of alkyl halides is 3. The van der Waals surface area contributed by atoms with Gasteiger partial charge in [0.2, 0.25) is 0 Å². The van der Waals surface area contributed by atoms with Crippen molar-refractivity contribution in [3.63, 3.8) is 0 Å². The Balaban J connectivity index is 3.29. The highest BCUT2D eigenvalue weighted by molar-refractivity contribution is 7.80. The van der Waals surface area contributed by atoms with Gasteiger partial charge in [0.25, 0.3) is 0 Å². The number of hydrogen-bond donors (Lipinski definition) is 2. The Morgan fingerprint density at radius 3 is 2.58 bits per heavy atom. The van der Waals surface area contributed by atoms with Crippen LogP contribution in [0.5, 0.6) is 5.75 Å². The number of halogens is 4. The van der Waals surface area contributed by atoms with E-state index in [1.165, 1.54) is 0 Å². The third-order valence-corrected chi connectivity index (χ3v) is 2.11. The van der Waals surface area contributed by atoms with E-state index in [1.54, 1.807) is 0 Å². The Kier molecular flexibility index (Phi) is 4.65. The summed E-state index contributed by atoms with van der Waals surface area (Å²) in [5, 5.41) is 3.20. The highest BCUT2D eigenvalue weighted by Gasteiger charge is 2.35. The molecule has 0 aliphatic carbocycles. The Morgan fingerprint density at radius 2 is 2.11 bits per heavy atom. The summed E-state index contributed by atoms with van der Waals surface area (Å²) in [5.41, 5.74) is 5.61. The summed E-state index contributed by atoms with van der Waals surface area (Å²) in [6.45, 7) is 0. The van der Waals surface area contributed by atoms with Gasteiger partial charge in [-0.2, -0.15) is 18.3 Å². The minimum Gasteiger partial charge on any atom is -0.495 e. The van der Waals surface area contributed by atoms with Gasteiger partial charge in [-0.05, 0) is 24.4 Å². The zero-order chi connectivity index (χ0) is 14.6. The number of benzene rings is 1. The molecule has 0 heterocycles. The van der Waals surface area contributed by atoms with Crippen LogP contribution in [0.3, 0.4) is 0 Å². The summed E-state index contributed by atoms with van der Waals surface area (Å²) in [6, 6.07) is 1.26. The second kappa shape index (κ2) is 5.83. The van der Waals surface area contributed by atoms with Crippen LogP contribution in [-0.2, 0) is 6.18 Å². The first-order chi connectivity index (χ1) is 8.77. The molecule has 0 aliphatic heterocycles. The van der Waals surface area contributed by atoms with Crippen LogP contribution in [0.1, 0.15) is 11.1 Å². The molecule has 0 spiro atoms. The molecule has 4 nitrogen and oxygen atoms in total. The first-order valence-electron chi connectivity index (χ1n) is 4.79. The average Bonchev–Trinajstić information content (AvgIpc) is 2.28. The molecule has 0 radical (unpaired) electrons. The maximum atomic E-state index is 13.5. The zero-order valence-electron chi connectivity index (χ0n) is 9.58. The molecular formula is C10H9F4N3OS. The minimum absolute atomic E-state index is 0.206. The molecule has 0 aromatic heterocycles. The lowest BCUT2D eigenvalue weighted by atomic mass is 10.1. The quantitative estimate of drug-likeness (QED) is 0.388. The number of nitrogens with two attached hydrogens (primary N) is 1. The van der Waals surface area contributed by atoms with Gasteiger partial charge in [0.05, 0.1) is 24.5 Å². The average molecular weight is 295 g/mol. The topological polar surface area (TPSA) is 59.6 Å². The number of hydrogen-bond acceptors (Lipinski definition) is 3. The van der Waals surface area contributed by atoms with E-state index >= 15 is 0 Å². The lowest BCUT2D eigenvalue weighted by molar-refractivity contribution is -0.138. The van der Waals surface area contributed by atoms with Crippen molar-refractivity contribution in [2.24, 2.45) is 10.8 Å². The summed E-state index contributed by atoms with van der Waals surface area (Å²) in [5.74, 6) is -1.58. The first-order valence-corrected chi connectivity index (χ1v) is 5.20. The summed E-state index contributed by atoms with van der Waals surface area (Å²) >= 11 is 4.44. The molecule has 1 aromatic rings. The van der Waals surface area contributed by atoms with Gasteiger partial charge in [-0.1, -0.05) is 0 Å². The lowest BCUT2D eigenvalue weighted by Crippen LogP contribution is -2.24. The van der Waals surface area contributed by atoms with Crippen molar-refractivity contribution < 1.29 is 22.3 Å². The molecule has 0 amide bonds. The Labute approximate surface area is 111 Å². The van der Waals surface area contributed by atoms with E-state index in [2.05, 4.69) is 27.5 Å². The van der Waals surface area contributed by atoms with Crippen LogP contribution in [-0.4, -0.2) is 18.4 Å². The Morgan fingerprint density at radius 1 is 1.47 bits per heavy atom. The third-order valence-electron chi connectivity index (χ3n) is 2.02. The van der Waals surface area contributed by atoms with Crippen molar-refractivity contribution in [2.45, 2.75) is 6.18 Å². The fraction of sp³-hybridized carbons (Fsp3) is 0.200. The maximum Gasteiger partial charge on any atom is 0.419 e. The summed E-state index contributed by atoms with van der Waals surface area (Å²) < 4.78 is 56.2. The molecule has 104 valence electrons. The van der Waals surface area contributed by atoms with E-state index in [0.29, 0.717) is 12.1 Å². The van der Waals surface area contributed by atoms with E-state index in [1.807, 2.05) is 0 Å². The van der Waals surface area contributed by atoms with Crippen molar-refractivity contribution in [3.05, 3.63) is 29.1 Å². The van der Waals surface area contributed by atoms with Gasteiger partial charge < -0.3 is 10.5 Å². The predicted octanol–water partition coefficient (Wildman–Crippen LogP) is 2.02. The molecule has 0 fully saturated rings. The highest BCUT2D eigenvalue weighted by Crippen LogP contribution is 2.38. The number of rotatable bonds is 3. The molecule has 0 bridgehead atoms. The van der Waals surface area contributed by atoms with Gasteiger partial charge in [-0.3, -0.25) is 5.43 Å². The normalized spacial score (nSPS) is 11.6. The molecule has 0 aliphatic rings. The van der Waals surface area contributed by atoms with Crippen molar-refractivity contribution in [2.75, 3.05) is 7.11 Å². The largest absolute Gasteiger partial charge is 0.495 e. The third kappa shape index (κ3) is 3.78. The fourth-order valence-electron chi connectivity index (χ4n) is 1.30. The summed E-state index contributed by atoms with van der Waals surface area (Å²) in [6.07, 6.45) is -3.86. The molecule has 0 atom stereocenters. The minimum atomic E-state index is -4.67. The summed E-state index contributed by atoms with van der Waals surface area (Å²) in [4.78, 5) is 0. The van der Waals surface area contributed by atoms with Crippen molar-refractivity contribution in [1.82, 2.24) is 5.43 Å². The van der Waals surface area contributed by atoms with Gasteiger partial charge in [0.15, 0.2) is 5.11 Å². The fourth-order valence-corrected chi connectivity index (χ4v) is 1.35. The molecular weight excluding hydrogens is 286 g/mol. The van der Waals surface area contributed by atoms with Crippen LogP contribution in [0, 0.1) is 5.82 Å². The second-order valence-corrected chi connectivity index (χ2v) is 3.71. The molecule has 1 aromatic carbocycles. The van der Waals surface area contributed by atoms with Crippen LogP contribution in [0.15, 0.2) is 17.2 Å². The van der Waals surface area contributed by atoms with E-state index in [-0.39, 0.29) is 5.11 Å². The number of hydrazone groups is 1. The van der Waals surface area contributed by atoms with Gasteiger partial charge in [0, 0.05) is 0 Å². The van der Waals surface area contributed by atoms with Crippen LogP contribution in [0.25, 0.3) is 0 Å². The number of thiocarbonyl (C=S) groups is 1. The van der Waals surface area contributed by atoms with E-state index in [9.17, 15) is 17.6 Å². The molecule has 1 rings (SSSR count). The van der Waals surface area contributed by atoms with Gasteiger partial charge in [-0.25, -0.2) is 4.39 Å². The van der Waals surface area contributed by atoms with Crippen LogP contribution >= 0.6 is 12.2 Å². The van der Waals surface area contributed by atoms with Crippen molar-refractivity contribution >= 4 is 23.5 Å². The molecule has 0 saturated carbocycles. The molecule has 3 N–H and O–H groups in total. The standard InChI is InChI=1S/C10H9F4N3OS/c1-18-8-5(4-16-17-9(15)19)7(11)3-2-6(8)10(12,13)14/h2-4H,1H3,(H3,15,17,19). The second-order valence-electron chi connectivity index (χ2n) is 3.27. The van der Waals surface area contributed by atoms with Gasteiger partial charge in [0.1, 0.15) is 11.6 Å². The number of nitrogens with one attached hydrogen (secondary N) is 1. The monoisotopic (exact) mass is 295 g/mol.